The van der Waals surface area contributed by atoms with E-state index in [0.29, 0.717) is 25.6 Å². The summed E-state index contributed by atoms with van der Waals surface area (Å²) >= 11 is 0. The van der Waals surface area contributed by atoms with Crippen LogP contribution in [-0.2, 0) is 14.8 Å². The standard InChI is InChI=1S/C12H17N3O5S/c13-10-2-1-3-11(12(10)15(16)17)21(18,19)14-6-4-9-5-7-20-8-9/h1-3,9,14H,4-8,13H2. The molecule has 9 heteroatoms. The summed E-state index contributed by atoms with van der Waals surface area (Å²) in [6, 6.07) is 3.85. The fourth-order valence-electron chi connectivity index (χ4n) is 2.24. The highest BCUT2D eigenvalue weighted by atomic mass is 32.2. The third-order valence-electron chi connectivity index (χ3n) is 3.37. The Bertz CT molecular complexity index is 626. The van der Waals surface area contributed by atoms with Gasteiger partial charge in [0.15, 0.2) is 4.90 Å². The number of ether oxygens (including phenoxy) is 1. The number of sulfonamides is 1. The first-order chi connectivity index (χ1) is 9.92. The van der Waals surface area contributed by atoms with E-state index in [-0.39, 0.29) is 12.2 Å². The lowest BCUT2D eigenvalue weighted by atomic mass is 10.1. The van der Waals surface area contributed by atoms with Gasteiger partial charge >= 0.3 is 5.69 Å². The second kappa shape index (κ2) is 6.37. The maximum absolute atomic E-state index is 12.2. The van der Waals surface area contributed by atoms with Gasteiger partial charge in [0.05, 0.1) is 4.92 Å². The molecule has 1 aliphatic heterocycles. The van der Waals surface area contributed by atoms with Crippen LogP contribution in [0.25, 0.3) is 0 Å². The van der Waals surface area contributed by atoms with Crippen molar-refractivity contribution in [1.82, 2.24) is 4.72 Å². The Kier molecular flexibility index (Phi) is 4.76. The number of nitro benzene ring substituents is 1. The number of para-hydroxylation sites is 1. The molecular formula is C12H17N3O5S. The van der Waals surface area contributed by atoms with Crippen molar-refractivity contribution in [2.24, 2.45) is 5.92 Å². The molecule has 21 heavy (non-hydrogen) atoms. The van der Waals surface area contributed by atoms with Crippen LogP contribution < -0.4 is 10.5 Å². The monoisotopic (exact) mass is 315 g/mol. The topological polar surface area (TPSA) is 125 Å². The van der Waals surface area contributed by atoms with Gasteiger partial charge in [0.1, 0.15) is 5.69 Å². The van der Waals surface area contributed by atoms with Crippen LogP contribution in [0.3, 0.4) is 0 Å². The number of hydrogen-bond donors (Lipinski definition) is 2. The molecule has 2 rings (SSSR count). The van der Waals surface area contributed by atoms with Crippen LogP contribution in [0.1, 0.15) is 12.8 Å². The number of rotatable bonds is 6. The third kappa shape index (κ3) is 3.69. The average molecular weight is 315 g/mol. The Balaban J connectivity index is 2.12. The second-order valence-electron chi connectivity index (χ2n) is 4.87. The lowest BCUT2D eigenvalue weighted by Crippen LogP contribution is -2.27. The summed E-state index contributed by atoms with van der Waals surface area (Å²) in [4.78, 5) is 9.80. The Hall–Kier alpha value is -1.71. The summed E-state index contributed by atoms with van der Waals surface area (Å²) in [5.41, 5.74) is 4.73. The maximum atomic E-state index is 12.2. The lowest BCUT2D eigenvalue weighted by molar-refractivity contribution is -0.386. The smallest absolute Gasteiger partial charge is 0.312 e. The van der Waals surface area contributed by atoms with Gasteiger partial charge in [-0.15, -0.1) is 0 Å². The maximum Gasteiger partial charge on any atom is 0.312 e. The van der Waals surface area contributed by atoms with E-state index >= 15 is 0 Å². The summed E-state index contributed by atoms with van der Waals surface area (Å²) < 4.78 is 32.0. The van der Waals surface area contributed by atoms with Gasteiger partial charge in [0.25, 0.3) is 0 Å². The van der Waals surface area contributed by atoms with Crippen LogP contribution >= 0.6 is 0 Å². The summed E-state index contributed by atoms with van der Waals surface area (Å²) in [6.45, 7) is 1.53. The normalized spacial score (nSPS) is 18.8. The number of nitrogens with one attached hydrogen (secondary N) is 1. The van der Waals surface area contributed by atoms with Gasteiger partial charge < -0.3 is 10.5 Å². The zero-order valence-corrected chi connectivity index (χ0v) is 12.1. The number of nitrogens with two attached hydrogens (primary N) is 1. The quantitative estimate of drug-likeness (QED) is 0.456. The van der Waals surface area contributed by atoms with E-state index in [1.807, 2.05) is 0 Å². The van der Waals surface area contributed by atoms with E-state index in [0.717, 1.165) is 6.42 Å². The van der Waals surface area contributed by atoms with E-state index in [4.69, 9.17) is 10.5 Å². The second-order valence-corrected chi connectivity index (χ2v) is 6.60. The lowest BCUT2D eigenvalue weighted by Gasteiger charge is -2.10. The minimum absolute atomic E-state index is 0.174. The zero-order valence-electron chi connectivity index (χ0n) is 11.3. The minimum Gasteiger partial charge on any atom is -0.393 e. The van der Waals surface area contributed by atoms with Crippen molar-refractivity contribution in [2.45, 2.75) is 17.7 Å². The Morgan fingerprint density at radius 3 is 2.86 bits per heavy atom. The minimum atomic E-state index is -3.96. The van der Waals surface area contributed by atoms with Crippen LogP contribution in [0.2, 0.25) is 0 Å². The Morgan fingerprint density at radius 1 is 1.48 bits per heavy atom. The van der Waals surface area contributed by atoms with Crippen molar-refractivity contribution in [3.05, 3.63) is 28.3 Å². The summed E-state index contributed by atoms with van der Waals surface area (Å²) in [6.07, 6.45) is 1.54. The van der Waals surface area contributed by atoms with E-state index in [1.165, 1.54) is 18.2 Å². The van der Waals surface area contributed by atoms with Crippen molar-refractivity contribution in [1.29, 1.82) is 0 Å². The number of hydrogen-bond acceptors (Lipinski definition) is 6. The van der Waals surface area contributed by atoms with Gasteiger partial charge in [0, 0.05) is 19.8 Å². The van der Waals surface area contributed by atoms with Crippen molar-refractivity contribution in [3.8, 4) is 0 Å². The van der Waals surface area contributed by atoms with Gasteiger partial charge in [0.2, 0.25) is 10.0 Å². The van der Waals surface area contributed by atoms with Crippen molar-refractivity contribution < 1.29 is 18.1 Å². The molecule has 0 amide bonds. The number of anilines is 1. The van der Waals surface area contributed by atoms with Gasteiger partial charge in [-0.2, -0.15) is 0 Å². The molecule has 1 unspecified atom stereocenters. The van der Waals surface area contributed by atoms with Crippen molar-refractivity contribution in [2.75, 3.05) is 25.5 Å². The fourth-order valence-corrected chi connectivity index (χ4v) is 3.48. The van der Waals surface area contributed by atoms with Gasteiger partial charge in [-0.1, -0.05) is 6.07 Å². The molecular weight excluding hydrogens is 298 g/mol. The molecule has 1 aromatic rings. The molecule has 0 aromatic heterocycles. The molecule has 3 N–H and O–H groups in total. The van der Waals surface area contributed by atoms with Crippen LogP contribution in [0, 0.1) is 16.0 Å². The zero-order chi connectivity index (χ0) is 15.5. The van der Waals surface area contributed by atoms with Crippen LogP contribution in [0.4, 0.5) is 11.4 Å². The molecule has 0 bridgehead atoms. The number of nitro groups is 1. The Morgan fingerprint density at radius 2 is 2.24 bits per heavy atom. The van der Waals surface area contributed by atoms with Crippen LogP contribution in [0.15, 0.2) is 23.1 Å². The van der Waals surface area contributed by atoms with Gasteiger partial charge in [-0.3, -0.25) is 10.1 Å². The molecule has 1 saturated heterocycles. The molecule has 0 saturated carbocycles. The number of nitrogen functional groups attached to an aromatic ring is 1. The molecule has 1 heterocycles. The molecule has 1 aromatic carbocycles. The van der Waals surface area contributed by atoms with Gasteiger partial charge in [-0.05, 0) is 30.9 Å². The average Bonchev–Trinajstić information content (AvgIpc) is 2.91. The van der Waals surface area contributed by atoms with E-state index in [9.17, 15) is 18.5 Å². The molecule has 8 nitrogen and oxygen atoms in total. The fraction of sp³-hybridized carbons (Fsp3) is 0.500. The molecule has 0 aliphatic carbocycles. The molecule has 1 atom stereocenters. The summed E-state index contributed by atoms with van der Waals surface area (Å²) in [7, 11) is -3.96. The van der Waals surface area contributed by atoms with Crippen molar-refractivity contribution in [3.63, 3.8) is 0 Å². The molecule has 0 radical (unpaired) electrons. The first kappa shape index (κ1) is 15.7. The number of nitrogens with zero attached hydrogens (tertiary/aromatic N) is 1. The molecule has 116 valence electrons. The van der Waals surface area contributed by atoms with E-state index < -0.39 is 25.5 Å². The predicted molar refractivity (Wildman–Crippen MR) is 76.2 cm³/mol. The first-order valence-electron chi connectivity index (χ1n) is 6.52. The third-order valence-corrected chi connectivity index (χ3v) is 4.86. The first-order valence-corrected chi connectivity index (χ1v) is 8.00. The molecule has 1 fully saturated rings. The highest BCUT2D eigenvalue weighted by Crippen LogP contribution is 2.29. The van der Waals surface area contributed by atoms with E-state index in [2.05, 4.69) is 4.72 Å². The van der Waals surface area contributed by atoms with Gasteiger partial charge in [-0.25, -0.2) is 13.1 Å². The molecule has 0 spiro atoms. The van der Waals surface area contributed by atoms with E-state index in [1.54, 1.807) is 0 Å². The predicted octanol–water partition coefficient (Wildman–Crippen LogP) is 0.882. The summed E-state index contributed by atoms with van der Waals surface area (Å²) in [5, 5.41) is 11.0. The highest BCUT2D eigenvalue weighted by Gasteiger charge is 2.28. The Labute approximate surface area is 122 Å². The highest BCUT2D eigenvalue weighted by molar-refractivity contribution is 7.89. The SMILES string of the molecule is Nc1cccc(S(=O)(=O)NCCC2CCOC2)c1[N+](=O)[O-]. The van der Waals surface area contributed by atoms with Crippen LogP contribution in [0.5, 0.6) is 0 Å². The van der Waals surface area contributed by atoms with Crippen molar-refractivity contribution >= 4 is 21.4 Å². The summed E-state index contributed by atoms with van der Waals surface area (Å²) in [5.74, 6) is 0.323. The number of benzene rings is 1. The molecule has 1 aliphatic rings. The largest absolute Gasteiger partial charge is 0.393 e. The van der Waals surface area contributed by atoms with Crippen LogP contribution in [-0.4, -0.2) is 33.1 Å².